The summed E-state index contributed by atoms with van der Waals surface area (Å²) in [7, 11) is 0. The Hall–Kier alpha value is -3.46. The molecule has 3 aliphatic rings. The van der Waals surface area contributed by atoms with Crippen molar-refractivity contribution in [1.29, 1.82) is 0 Å². The number of carbonyl (C=O) groups excluding carboxylic acids is 1. The van der Waals surface area contributed by atoms with Gasteiger partial charge in [0.05, 0.1) is 11.6 Å². The molecule has 1 N–H and O–H groups in total. The van der Waals surface area contributed by atoms with Crippen molar-refractivity contribution in [2.45, 2.75) is 76.7 Å². The molecule has 0 bridgehead atoms. The van der Waals surface area contributed by atoms with Crippen molar-refractivity contribution in [3.8, 4) is 11.6 Å². The number of ether oxygens (including phenoxy) is 2. The lowest BCUT2D eigenvalue weighted by atomic mass is 9.98. The fourth-order valence-electron chi connectivity index (χ4n) is 6.73. The molecule has 0 unspecified atom stereocenters. The third-order valence-corrected chi connectivity index (χ3v) is 9.29. The summed E-state index contributed by atoms with van der Waals surface area (Å²) in [6.07, 6.45) is 3.77. The number of aromatic nitrogens is 1. The van der Waals surface area contributed by atoms with E-state index >= 15 is 0 Å². The smallest absolute Gasteiger partial charge is 0.321 e. The number of benzene rings is 2. The Balaban J connectivity index is 1.08. The van der Waals surface area contributed by atoms with Gasteiger partial charge in [-0.3, -0.25) is 4.90 Å². The molecule has 4 heterocycles. The van der Waals surface area contributed by atoms with Crippen LogP contribution in [0.25, 0.3) is 0 Å². The molecule has 8 heteroatoms. The van der Waals surface area contributed by atoms with Crippen molar-refractivity contribution in [1.82, 2.24) is 19.7 Å². The van der Waals surface area contributed by atoms with E-state index in [1.807, 2.05) is 43.3 Å². The maximum absolute atomic E-state index is 13.9. The van der Waals surface area contributed by atoms with E-state index in [1.165, 1.54) is 11.1 Å². The minimum Gasteiger partial charge on any atom is -0.439 e. The average molecular weight is 585 g/mol. The van der Waals surface area contributed by atoms with E-state index in [2.05, 4.69) is 45.0 Å². The molecule has 3 fully saturated rings. The minimum atomic E-state index is -0.887. The van der Waals surface area contributed by atoms with Gasteiger partial charge in [0.2, 0.25) is 5.88 Å². The molecular weight excluding hydrogens is 540 g/mol. The maximum Gasteiger partial charge on any atom is 0.321 e. The van der Waals surface area contributed by atoms with Crippen LogP contribution >= 0.6 is 0 Å². The molecule has 0 spiro atoms. The summed E-state index contributed by atoms with van der Waals surface area (Å²) >= 11 is 0. The maximum atomic E-state index is 13.9. The summed E-state index contributed by atoms with van der Waals surface area (Å²) in [6, 6.07) is 22.8. The number of aryl methyl sites for hydroxylation is 1. The molecule has 6 rings (SSSR count). The second kappa shape index (κ2) is 12.6. The molecule has 2 aromatic carbocycles. The summed E-state index contributed by atoms with van der Waals surface area (Å²) in [5.41, 5.74) is 3.32. The van der Waals surface area contributed by atoms with Crippen molar-refractivity contribution < 1.29 is 19.4 Å². The predicted molar refractivity (Wildman–Crippen MR) is 166 cm³/mol. The first-order valence-electron chi connectivity index (χ1n) is 15.7. The Morgan fingerprint density at radius 1 is 0.930 bits per heavy atom. The number of rotatable bonds is 8. The van der Waals surface area contributed by atoms with Crippen LogP contribution < -0.4 is 4.74 Å². The number of carbonyl (C=O) groups is 1. The molecule has 2 amide bonds. The first kappa shape index (κ1) is 29.6. The molecule has 0 saturated carbocycles. The van der Waals surface area contributed by atoms with Gasteiger partial charge in [-0.05, 0) is 75.3 Å². The second-order valence-corrected chi connectivity index (χ2v) is 12.7. The molecule has 1 aromatic heterocycles. The highest BCUT2D eigenvalue weighted by atomic mass is 16.5. The second-order valence-electron chi connectivity index (χ2n) is 12.7. The van der Waals surface area contributed by atoms with Crippen molar-refractivity contribution in [2.75, 3.05) is 32.8 Å². The molecule has 3 saturated heterocycles. The minimum absolute atomic E-state index is 0.0958. The van der Waals surface area contributed by atoms with Gasteiger partial charge in [-0.15, -0.1) is 0 Å². The SMILES string of the molecule is Cc1nc(Oc2ccc(C(C)(C)O)cc2)ccc1CN1CCC(N2C(=O)N(C3CCOCC3)C[C@H]2c2ccccc2)CC1. The largest absolute Gasteiger partial charge is 0.439 e. The summed E-state index contributed by atoms with van der Waals surface area (Å²) in [4.78, 5) is 25.4. The van der Waals surface area contributed by atoms with Gasteiger partial charge in [0, 0.05) is 63.2 Å². The van der Waals surface area contributed by atoms with Crippen molar-refractivity contribution in [3.63, 3.8) is 0 Å². The van der Waals surface area contributed by atoms with E-state index in [1.54, 1.807) is 13.8 Å². The molecule has 1 atom stereocenters. The monoisotopic (exact) mass is 584 g/mol. The number of pyridine rings is 1. The van der Waals surface area contributed by atoms with Gasteiger partial charge in [0.25, 0.3) is 0 Å². The van der Waals surface area contributed by atoms with Crippen LogP contribution in [-0.4, -0.2) is 75.8 Å². The number of urea groups is 1. The Kier molecular flexibility index (Phi) is 8.71. The Morgan fingerprint density at radius 2 is 1.63 bits per heavy atom. The normalized spacial score (nSPS) is 21.0. The van der Waals surface area contributed by atoms with Crippen LogP contribution in [0.1, 0.15) is 68.0 Å². The molecule has 8 nitrogen and oxygen atoms in total. The zero-order valence-electron chi connectivity index (χ0n) is 25.6. The summed E-state index contributed by atoms with van der Waals surface area (Å²) < 4.78 is 11.6. The zero-order chi connectivity index (χ0) is 30.0. The molecule has 3 aliphatic heterocycles. The van der Waals surface area contributed by atoms with E-state index in [0.717, 1.165) is 76.3 Å². The average Bonchev–Trinajstić information content (AvgIpc) is 3.36. The Morgan fingerprint density at radius 3 is 2.28 bits per heavy atom. The highest BCUT2D eigenvalue weighted by Gasteiger charge is 2.45. The molecule has 0 aliphatic carbocycles. The van der Waals surface area contributed by atoms with Crippen LogP contribution in [0.4, 0.5) is 4.79 Å². The van der Waals surface area contributed by atoms with Crippen LogP contribution in [0.5, 0.6) is 11.6 Å². The Bertz CT molecular complexity index is 1380. The number of likely N-dealkylation sites (tertiary alicyclic amines) is 1. The summed E-state index contributed by atoms with van der Waals surface area (Å²) in [6.45, 7) is 10.5. The highest BCUT2D eigenvalue weighted by molar-refractivity contribution is 5.78. The zero-order valence-corrected chi connectivity index (χ0v) is 25.6. The quantitative estimate of drug-likeness (QED) is 0.348. The van der Waals surface area contributed by atoms with Gasteiger partial charge < -0.3 is 24.4 Å². The lowest BCUT2D eigenvalue weighted by Gasteiger charge is -2.39. The van der Waals surface area contributed by atoms with E-state index in [9.17, 15) is 9.90 Å². The first-order chi connectivity index (χ1) is 20.8. The van der Waals surface area contributed by atoms with Crippen LogP contribution in [0.3, 0.4) is 0 Å². The van der Waals surface area contributed by atoms with E-state index in [0.29, 0.717) is 11.6 Å². The fraction of sp³-hybridized carbons (Fsp3) is 0.486. The van der Waals surface area contributed by atoms with Crippen LogP contribution in [0, 0.1) is 6.92 Å². The number of nitrogens with zero attached hydrogens (tertiary/aromatic N) is 4. The van der Waals surface area contributed by atoms with Gasteiger partial charge in [0.1, 0.15) is 5.75 Å². The van der Waals surface area contributed by atoms with Gasteiger partial charge in [-0.2, -0.15) is 0 Å². The topological polar surface area (TPSA) is 78.4 Å². The number of piperidine rings is 1. The van der Waals surface area contributed by atoms with Crippen LogP contribution in [0.15, 0.2) is 66.7 Å². The van der Waals surface area contributed by atoms with Gasteiger partial charge in [0.15, 0.2) is 0 Å². The predicted octanol–water partition coefficient (Wildman–Crippen LogP) is 6.03. The molecule has 43 heavy (non-hydrogen) atoms. The molecule has 0 radical (unpaired) electrons. The summed E-state index contributed by atoms with van der Waals surface area (Å²) in [5, 5.41) is 10.2. The first-order valence-corrected chi connectivity index (χ1v) is 15.7. The van der Waals surface area contributed by atoms with Crippen molar-refractivity contribution >= 4 is 6.03 Å². The fourth-order valence-corrected chi connectivity index (χ4v) is 6.73. The van der Waals surface area contributed by atoms with Crippen molar-refractivity contribution in [2.24, 2.45) is 0 Å². The lowest BCUT2D eigenvalue weighted by molar-refractivity contribution is 0.0493. The van der Waals surface area contributed by atoms with Gasteiger partial charge in [-0.1, -0.05) is 48.5 Å². The number of hydrogen-bond donors (Lipinski definition) is 1. The lowest BCUT2D eigenvalue weighted by Crippen LogP contribution is -2.48. The van der Waals surface area contributed by atoms with Crippen molar-refractivity contribution in [3.05, 3.63) is 89.1 Å². The highest BCUT2D eigenvalue weighted by Crippen LogP contribution is 2.37. The number of hydrogen-bond acceptors (Lipinski definition) is 6. The third kappa shape index (κ3) is 6.71. The third-order valence-electron chi connectivity index (χ3n) is 9.29. The molecule has 3 aromatic rings. The number of amides is 2. The molecular formula is C35H44N4O4. The van der Waals surface area contributed by atoms with Crippen LogP contribution in [-0.2, 0) is 16.9 Å². The van der Waals surface area contributed by atoms with Crippen LogP contribution in [0.2, 0.25) is 0 Å². The molecule has 228 valence electrons. The van der Waals surface area contributed by atoms with Gasteiger partial charge in [-0.25, -0.2) is 9.78 Å². The van der Waals surface area contributed by atoms with E-state index in [4.69, 9.17) is 14.5 Å². The number of aliphatic hydroxyl groups is 1. The Labute approximate surface area is 255 Å². The van der Waals surface area contributed by atoms with Gasteiger partial charge >= 0.3 is 6.03 Å². The summed E-state index contributed by atoms with van der Waals surface area (Å²) in [5.74, 6) is 1.25. The van der Waals surface area contributed by atoms with E-state index in [-0.39, 0.29) is 24.2 Å². The van der Waals surface area contributed by atoms with E-state index < -0.39 is 5.60 Å². The standard InChI is InChI=1S/C35H44N4O4/c1-25-27(9-14-33(36-25)43-31-12-10-28(11-13-31)35(2,3)41)23-37-19-15-30(16-20-37)39-32(26-7-5-4-6-8-26)24-38(34(39)40)29-17-21-42-22-18-29/h4-14,29-30,32,41H,15-24H2,1-3H3/t32-/m0/s1.